The number of halogens is 1. The van der Waals surface area contributed by atoms with Gasteiger partial charge in [0.15, 0.2) is 0 Å². The average Bonchev–Trinajstić information content (AvgIpc) is 2.74. The van der Waals surface area contributed by atoms with Crippen LogP contribution in [0.25, 0.3) is 0 Å². The second-order valence-corrected chi connectivity index (χ2v) is 6.56. The lowest BCUT2D eigenvalue weighted by atomic mass is 10.2. The Morgan fingerprint density at radius 2 is 2.33 bits per heavy atom. The van der Waals surface area contributed by atoms with E-state index in [1.165, 1.54) is 0 Å². The Hall–Kier alpha value is -0.850. The normalized spacial score (nSPS) is 10.6. The van der Waals surface area contributed by atoms with Crippen molar-refractivity contribution >= 4 is 45.0 Å². The molecule has 2 rings (SSSR count). The number of thioether (sulfide) groups is 1. The van der Waals surface area contributed by atoms with Crippen molar-refractivity contribution in [2.75, 3.05) is 0 Å². The Bertz CT molecular complexity index is 583. The molecule has 0 unspecified atom stereocenters. The van der Waals surface area contributed by atoms with Gasteiger partial charge < -0.3 is 5.11 Å². The van der Waals surface area contributed by atoms with Gasteiger partial charge in [0, 0.05) is 20.5 Å². The molecule has 1 aromatic carbocycles. The maximum Gasteiger partial charge on any atom is 0.336 e. The molecule has 0 aliphatic heterocycles. The van der Waals surface area contributed by atoms with Gasteiger partial charge in [0.25, 0.3) is 0 Å². The molecule has 0 saturated heterocycles. The van der Waals surface area contributed by atoms with Gasteiger partial charge >= 0.3 is 5.97 Å². The van der Waals surface area contributed by atoms with E-state index in [0.717, 1.165) is 21.3 Å². The van der Waals surface area contributed by atoms with Gasteiger partial charge in [-0.25, -0.2) is 9.78 Å². The minimum absolute atomic E-state index is 0.287. The van der Waals surface area contributed by atoms with Crippen LogP contribution >= 0.6 is 39.0 Å². The second kappa shape index (κ2) is 5.86. The summed E-state index contributed by atoms with van der Waals surface area (Å²) in [6.45, 7) is 1.97. The van der Waals surface area contributed by atoms with Crippen molar-refractivity contribution in [2.45, 2.75) is 17.6 Å². The lowest BCUT2D eigenvalue weighted by Crippen LogP contribution is -1.97. The Morgan fingerprint density at radius 3 is 2.94 bits per heavy atom. The van der Waals surface area contributed by atoms with E-state index in [1.807, 2.05) is 18.4 Å². The molecular weight excluding hydrogens is 334 g/mol. The van der Waals surface area contributed by atoms with Crippen molar-refractivity contribution in [1.82, 2.24) is 4.98 Å². The van der Waals surface area contributed by atoms with Gasteiger partial charge in [0.1, 0.15) is 0 Å². The third-order valence-corrected chi connectivity index (χ3v) is 4.76. The molecule has 1 N–H and O–H groups in total. The molecule has 1 heterocycles. The highest BCUT2D eigenvalue weighted by atomic mass is 79.9. The number of carboxylic acid groups (broad SMARTS) is 1. The molecule has 94 valence electrons. The van der Waals surface area contributed by atoms with Gasteiger partial charge in [-0.05, 0) is 41.1 Å². The van der Waals surface area contributed by atoms with E-state index in [4.69, 9.17) is 5.11 Å². The van der Waals surface area contributed by atoms with Crippen LogP contribution in [0, 0.1) is 6.92 Å². The quantitative estimate of drug-likeness (QED) is 0.845. The zero-order valence-corrected chi connectivity index (χ0v) is 12.7. The van der Waals surface area contributed by atoms with Crippen LogP contribution in [0.15, 0.2) is 32.9 Å². The van der Waals surface area contributed by atoms with E-state index in [2.05, 4.69) is 20.9 Å². The van der Waals surface area contributed by atoms with Crippen molar-refractivity contribution in [2.24, 2.45) is 0 Å². The highest BCUT2D eigenvalue weighted by Crippen LogP contribution is 2.27. The van der Waals surface area contributed by atoms with E-state index < -0.39 is 5.97 Å². The summed E-state index contributed by atoms with van der Waals surface area (Å²) in [7, 11) is 0. The number of thiazole rings is 1. The van der Waals surface area contributed by atoms with Crippen molar-refractivity contribution < 1.29 is 9.90 Å². The number of carbonyl (C=O) groups is 1. The van der Waals surface area contributed by atoms with Gasteiger partial charge in [-0.1, -0.05) is 0 Å². The third-order valence-electron chi connectivity index (χ3n) is 2.22. The molecule has 0 saturated carbocycles. The molecule has 3 nitrogen and oxygen atoms in total. The van der Waals surface area contributed by atoms with E-state index in [-0.39, 0.29) is 5.56 Å². The monoisotopic (exact) mass is 343 g/mol. The first kappa shape index (κ1) is 13.6. The Morgan fingerprint density at radius 1 is 1.56 bits per heavy atom. The zero-order valence-electron chi connectivity index (χ0n) is 9.51. The number of aromatic nitrogens is 1. The lowest BCUT2D eigenvalue weighted by molar-refractivity contribution is 0.0695. The molecule has 0 radical (unpaired) electrons. The zero-order chi connectivity index (χ0) is 13.1. The molecule has 0 bridgehead atoms. The van der Waals surface area contributed by atoms with E-state index in [9.17, 15) is 4.79 Å². The Labute approximate surface area is 121 Å². The standard InChI is InChI=1S/C12H10BrNO2S2/c1-7-14-8(5-17-7)6-18-9-2-3-11(13)10(4-9)12(15)16/h2-5H,6H2,1H3,(H,15,16). The molecule has 1 aromatic heterocycles. The SMILES string of the molecule is Cc1nc(CSc2ccc(Br)c(C(=O)O)c2)cs1. The minimum Gasteiger partial charge on any atom is -0.478 e. The van der Waals surface area contributed by atoms with Gasteiger partial charge in [-0.3, -0.25) is 0 Å². The first-order valence-electron chi connectivity index (χ1n) is 5.13. The Balaban J connectivity index is 2.10. The first-order valence-corrected chi connectivity index (χ1v) is 7.79. The van der Waals surface area contributed by atoms with Crippen LogP contribution in [-0.4, -0.2) is 16.1 Å². The van der Waals surface area contributed by atoms with Gasteiger partial charge in [0.2, 0.25) is 0 Å². The largest absolute Gasteiger partial charge is 0.478 e. The van der Waals surface area contributed by atoms with Crippen molar-refractivity contribution in [3.05, 3.63) is 44.3 Å². The number of hydrogen-bond acceptors (Lipinski definition) is 4. The van der Waals surface area contributed by atoms with Crippen LogP contribution in [-0.2, 0) is 5.75 Å². The number of carboxylic acids is 1. The smallest absolute Gasteiger partial charge is 0.336 e. The fourth-order valence-corrected chi connectivity index (χ4v) is 3.35. The van der Waals surface area contributed by atoms with Crippen molar-refractivity contribution in [3.8, 4) is 0 Å². The molecule has 0 atom stereocenters. The molecule has 18 heavy (non-hydrogen) atoms. The highest BCUT2D eigenvalue weighted by Gasteiger charge is 2.09. The van der Waals surface area contributed by atoms with Crippen LogP contribution in [0.5, 0.6) is 0 Å². The van der Waals surface area contributed by atoms with Crippen molar-refractivity contribution in [3.63, 3.8) is 0 Å². The van der Waals surface area contributed by atoms with E-state index in [0.29, 0.717) is 4.47 Å². The molecular formula is C12H10BrNO2S2. The molecule has 2 aromatic rings. The summed E-state index contributed by atoms with van der Waals surface area (Å²) < 4.78 is 0.601. The van der Waals surface area contributed by atoms with E-state index in [1.54, 1.807) is 35.2 Å². The summed E-state index contributed by atoms with van der Waals surface area (Å²) >= 11 is 6.44. The molecule has 0 aliphatic rings. The summed E-state index contributed by atoms with van der Waals surface area (Å²) in [6.07, 6.45) is 0. The fraction of sp³-hybridized carbons (Fsp3) is 0.167. The molecule has 0 spiro atoms. The summed E-state index contributed by atoms with van der Waals surface area (Å²) in [5, 5.41) is 12.1. The lowest BCUT2D eigenvalue weighted by Gasteiger charge is -2.03. The Kier molecular flexibility index (Phi) is 4.42. The first-order chi connectivity index (χ1) is 8.56. The number of benzene rings is 1. The minimum atomic E-state index is -0.922. The van der Waals surface area contributed by atoms with Crippen LogP contribution in [0.3, 0.4) is 0 Å². The topological polar surface area (TPSA) is 50.2 Å². The summed E-state index contributed by atoms with van der Waals surface area (Å²) in [5.74, 6) is -0.167. The summed E-state index contributed by atoms with van der Waals surface area (Å²) in [5.41, 5.74) is 1.32. The number of hydrogen-bond donors (Lipinski definition) is 1. The fourth-order valence-electron chi connectivity index (χ4n) is 1.39. The van der Waals surface area contributed by atoms with Crippen LogP contribution in [0.4, 0.5) is 0 Å². The molecule has 0 amide bonds. The number of aromatic carboxylic acids is 1. The predicted octanol–water partition coefficient (Wildman–Crippen LogP) is 4.20. The van der Waals surface area contributed by atoms with Crippen LogP contribution < -0.4 is 0 Å². The third kappa shape index (κ3) is 3.34. The van der Waals surface area contributed by atoms with Gasteiger partial charge in [-0.15, -0.1) is 23.1 Å². The average molecular weight is 344 g/mol. The number of aryl methyl sites for hydroxylation is 1. The maximum absolute atomic E-state index is 11.0. The maximum atomic E-state index is 11.0. The van der Waals surface area contributed by atoms with Crippen molar-refractivity contribution in [1.29, 1.82) is 0 Å². The van der Waals surface area contributed by atoms with Crippen LogP contribution in [0.1, 0.15) is 21.1 Å². The van der Waals surface area contributed by atoms with Crippen LogP contribution in [0.2, 0.25) is 0 Å². The van der Waals surface area contributed by atoms with Gasteiger partial charge in [0.05, 0.1) is 16.3 Å². The summed E-state index contributed by atoms with van der Waals surface area (Å²) in [4.78, 5) is 16.3. The van der Waals surface area contributed by atoms with Gasteiger partial charge in [-0.2, -0.15) is 0 Å². The molecule has 6 heteroatoms. The molecule has 0 aliphatic carbocycles. The van der Waals surface area contributed by atoms with E-state index >= 15 is 0 Å². The molecule has 0 fully saturated rings. The summed E-state index contributed by atoms with van der Waals surface area (Å²) in [6, 6.07) is 5.34. The second-order valence-electron chi connectivity index (χ2n) is 3.59. The number of nitrogens with zero attached hydrogens (tertiary/aromatic N) is 1. The predicted molar refractivity (Wildman–Crippen MR) is 77.5 cm³/mol. The highest BCUT2D eigenvalue weighted by molar-refractivity contribution is 9.10. The number of rotatable bonds is 4.